The second kappa shape index (κ2) is 5.65. The standard InChI is InChI=1S/C15H16BrNOS/c1-10(15-3-2-6-19-15)17-9-13-8-11-7-12(16)4-5-14(11)18-13/h2-7,10,13,17H,8-9H2,1H3. The molecule has 1 aromatic carbocycles. The van der Waals surface area contributed by atoms with Crippen LogP contribution in [0.4, 0.5) is 0 Å². The largest absolute Gasteiger partial charge is 0.488 e. The van der Waals surface area contributed by atoms with Gasteiger partial charge >= 0.3 is 0 Å². The number of nitrogens with one attached hydrogen (secondary N) is 1. The predicted octanol–water partition coefficient (Wildman–Crippen LogP) is 4.16. The van der Waals surface area contributed by atoms with Crippen LogP contribution in [0, 0.1) is 0 Å². The van der Waals surface area contributed by atoms with Gasteiger partial charge in [-0.1, -0.05) is 22.0 Å². The Morgan fingerprint density at radius 3 is 3.16 bits per heavy atom. The van der Waals surface area contributed by atoms with Gasteiger partial charge in [-0.25, -0.2) is 0 Å². The molecule has 1 aromatic heterocycles. The summed E-state index contributed by atoms with van der Waals surface area (Å²) in [4.78, 5) is 1.37. The molecule has 0 amide bonds. The number of rotatable bonds is 4. The molecule has 4 heteroatoms. The molecule has 1 N–H and O–H groups in total. The van der Waals surface area contributed by atoms with E-state index in [2.05, 4.69) is 51.7 Å². The van der Waals surface area contributed by atoms with Crippen molar-refractivity contribution < 1.29 is 4.74 Å². The second-order valence-corrected chi connectivity index (χ2v) is 6.74. The Bertz CT molecular complexity index is 555. The van der Waals surface area contributed by atoms with E-state index in [1.165, 1.54) is 10.4 Å². The molecule has 19 heavy (non-hydrogen) atoms. The van der Waals surface area contributed by atoms with Crippen LogP contribution < -0.4 is 10.1 Å². The van der Waals surface area contributed by atoms with Crippen molar-refractivity contribution in [2.24, 2.45) is 0 Å². The zero-order chi connectivity index (χ0) is 13.2. The Labute approximate surface area is 125 Å². The van der Waals surface area contributed by atoms with Crippen molar-refractivity contribution in [1.82, 2.24) is 5.32 Å². The van der Waals surface area contributed by atoms with E-state index in [0.717, 1.165) is 23.2 Å². The first-order valence-electron chi connectivity index (χ1n) is 6.44. The quantitative estimate of drug-likeness (QED) is 0.904. The van der Waals surface area contributed by atoms with Gasteiger partial charge < -0.3 is 10.1 Å². The van der Waals surface area contributed by atoms with Gasteiger partial charge in [0.25, 0.3) is 0 Å². The summed E-state index contributed by atoms with van der Waals surface area (Å²) in [5.74, 6) is 1.03. The van der Waals surface area contributed by atoms with Gasteiger partial charge in [0.2, 0.25) is 0 Å². The highest BCUT2D eigenvalue weighted by molar-refractivity contribution is 9.10. The van der Waals surface area contributed by atoms with Crippen LogP contribution >= 0.6 is 27.3 Å². The molecule has 2 nitrogen and oxygen atoms in total. The third kappa shape index (κ3) is 3.02. The minimum absolute atomic E-state index is 0.242. The molecule has 100 valence electrons. The average molecular weight is 338 g/mol. The highest BCUT2D eigenvalue weighted by atomic mass is 79.9. The summed E-state index contributed by atoms with van der Waals surface area (Å²) in [6.45, 7) is 3.08. The maximum absolute atomic E-state index is 5.95. The van der Waals surface area contributed by atoms with Crippen LogP contribution in [-0.2, 0) is 6.42 Å². The number of halogens is 1. The van der Waals surface area contributed by atoms with Crippen LogP contribution in [0.1, 0.15) is 23.4 Å². The first-order valence-corrected chi connectivity index (χ1v) is 8.11. The molecule has 0 aliphatic carbocycles. The number of thiophene rings is 1. The zero-order valence-electron chi connectivity index (χ0n) is 10.7. The summed E-state index contributed by atoms with van der Waals surface area (Å²) in [7, 11) is 0. The van der Waals surface area contributed by atoms with Crippen LogP contribution in [-0.4, -0.2) is 12.6 Å². The van der Waals surface area contributed by atoms with Crippen molar-refractivity contribution in [2.45, 2.75) is 25.5 Å². The van der Waals surface area contributed by atoms with E-state index in [1.54, 1.807) is 11.3 Å². The highest BCUT2D eigenvalue weighted by Gasteiger charge is 2.23. The number of fused-ring (bicyclic) bond motifs is 1. The molecule has 1 aliphatic rings. The summed E-state index contributed by atoms with van der Waals surface area (Å²) < 4.78 is 7.07. The third-order valence-corrected chi connectivity index (χ3v) is 4.93. The normalized spacial score (nSPS) is 18.9. The van der Waals surface area contributed by atoms with E-state index in [9.17, 15) is 0 Å². The lowest BCUT2D eigenvalue weighted by Gasteiger charge is -2.16. The Morgan fingerprint density at radius 2 is 2.37 bits per heavy atom. The number of hydrogen-bond donors (Lipinski definition) is 1. The molecule has 0 fully saturated rings. The SMILES string of the molecule is CC(NCC1Cc2cc(Br)ccc2O1)c1cccs1. The molecule has 2 aromatic rings. The van der Waals surface area contributed by atoms with E-state index in [-0.39, 0.29) is 6.10 Å². The van der Waals surface area contributed by atoms with Crippen molar-refractivity contribution in [1.29, 1.82) is 0 Å². The van der Waals surface area contributed by atoms with Gasteiger partial charge in [0.15, 0.2) is 0 Å². The number of ether oxygens (including phenoxy) is 1. The summed E-state index contributed by atoms with van der Waals surface area (Å²) in [6, 6.07) is 10.9. The zero-order valence-corrected chi connectivity index (χ0v) is 13.1. The fourth-order valence-corrected chi connectivity index (χ4v) is 3.52. The lowest BCUT2D eigenvalue weighted by atomic mass is 10.1. The van der Waals surface area contributed by atoms with Gasteiger partial charge in [0.05, 0.1) is 0 Å². The molecule has 0 saturated heterocycles. The van der Waals surface area contributed by atoms with E-state index < -0.39 is 0 Å². The molecule has 2 heterocycles. The van der Waals surface area contributed by atoms with Crippen LogP contribution in [0.25, 0.3) is 0 Å². The second-order valence-electron chi connectivity index (χ2n) is 4.84. The minimum atomic E-state index is 0.242. The summed E-state index contributed by atoms with van der Waals surface area (Å²) in [5, 5.41) is 5.67. The predicted molar refractivity (Wildman–Crippen MR) is 83.0 cm³/mol. The van der Waals surface area contributed by atoms with Gasteiger partial charge in [0.1, 0.15) is 11.9 Å². The van der Waals surface area contributed by atoms with Gasteiger partial charge in [-0.2, -0.15) is 0 Å². The van der Waals surface area contributed by atoms with Crippen molar-refractivity contribution in [3.05, 3.63) is 50.6 Å². The minimum Gasteiger partial charge on any atom is -0.488 e. The Morgan fingerprint density at radius 1 is 1.47 bits per heavy atom. The van der Waals surface area contributed by atoms with Crippen LogP contribution in [0.3, 0.4) is 0 Å². The Hall–Kier alpha value is -0.840. The van der Waals surface area contributed by atoms with E-state index in [4.69, 9.17) is 4.74 Å². The van der Waals surface area contributed by atoms with Gasteiger partial charge in [-0.05, 0) is 42.1 Å². The molecule has 2 unspecified atom stereocenters. The molecule has 0 spiro atoms. The van der Waals surface area contributed by atoms with Crippen molar-refractivity contribution in [3.63, 3.8) is 0 Å². The highest BCUT2D eigenvalue weighted by Crippen LogP contribution is 2.31. The summed E-state index contributed by atoms with van der Waals surface area (Å²) in [5.41, 5.74) is 1.30. The van der Waals surface area contributed by atoms with E-state index in [0.29, 0.717) is 6.04 Å². The molecule has 0 saturated carbocycles. The topological polar surface area (TPSA) is 21.3 Å². The van der Waals surface area contributed by atoms with Crippen molar-refractivity contribution in [3.8, 4) is 5.75 Å². The first kappa shape index (κ1) is 13.2. The third-order valence-electron chi connectivity index (χ3n) is 3.39. The van der Waals surface area contributed by atoms with Crippen LogP contribution in [0.5, 0.6) is 5.75 Å². The van der Waals surface area contributed by atoms with Gasteiger partial charge in [0, 0.05) is 28.4 Å². The average Bonchev–Trinajstić information content (AvgIpc) is 3.04. The lowest BCUT2D eigenvalue weighted by Crippen LogP contribution is -2.31. The monoisotopic (exact) mass is 337 g/mol. The van der Waals surface area contributed by atoms with Crippen molar-refractivity contribution >= 4 is 27.3 Å². The van der Waals surface area contributed by atoms with Crippen molar-refractivity contribution in [2.75, 3.05) is 6.54 Å². The Kier molecular flexibility index (Phi) is 3.91. The molecule has 2 atom stereocenters. The number of hydrogen-bond acceptors (Lipinski definition) is 3. The molecule has 0 bridgehead atoms. The van der Waals surface area contributed by atoms with Crippen LogP contribution in [0.15, 0.2) is 40.2 Å². The van der Waals surface area contributed by atoms with Crippen LogP contribution in [0.2, 0.25) is 0 Å². The first-order chi connectivity index (χ1) is 9.22. The smallest absolute Gasteiger partial charge is 0.123 e. The maximum Gasteiger partial charge on any atom is 0.123 e. The van der Waals surface area contributed by atoms with Gasteiger partial charge in [-0.15, -0.1) is 11.3 Å². The summed E-state index contributed by atoms with van der Waals surface area (Å²) in [6.07, 6.45) is 1.23. The van der Waals surface area contributed by atoms with E-state index in [1.807, 2.05) is 12.1 Å². The number of benzene rings is 1. The fourth-order valence-electron chi connectivity index (χ4n) is 2.35. The maximum atomic E-state index is 5.95. The lowest BCUT2D eigenvalue weighted by molar-refractivity contribution is 0.223. The fraction of sp³-hybridized carbons (Fsp3) is 0.333. The Balaban J connectivity index is 1.56. The molecular weight excluding hydrogens is 322 g/mol. The molecule has 3 rings (SSSR count). The van der Waals surface area contributed by atoms with Gasteiger partial charge in [-0.3, -0.25) is 0 Å². The molecule has 0 radical (unpaired) electrons. The molecule has 1 aliphatic heterocycles. The van der Waals surface area contributed by atoms with E-state index >= 15 is 0 Å². The molecular formula is C15H16BrNOS. The summed E-state index contributed by atoms with van der Waals surface area (Å²) >= 11 is 5.30.